The molecule has 2 aromatic heterocycles. The number of aromatic nitrogens is 3. The van der Waals surface area contributed by atoms with Gasteiger partial charge in [0.15, 0.2) is 0 Å². The van der Waals surface area contributed by atoms with Crippen molar-refractivity contribution in [2.24, 2.45) is 0 Å². The van der Waals surface area contributed by atoms with Gasteiger partial charge in [-0.05, 0) is 6.92 Å². The quantitative estimate of drug-likeness (QED) is 0.833. The first-order valence-electron chi connectivity index (χ1n) is 6.90. The number of nitrogens with zero attached hydrogens (tertiary/aromatic N) is 3. The number of H-pyrrole nitrogens is 1. The Balaban J connectivity index is 1.85. The van der Waals surface area contributed by atoms with E-state index in [1.165, 1.54) is 21.7 Å². The molecule has 0 bridgehead atoms. The molecule has 0 aromatic carbocycles. The predicted octanol–water partition coefficient (Wildman–Crippen LogP) is 0.393. The van der Waals surface area contributed by atoms with Crippen LogP contribution in [0.1, 0.15) is 17.0 Å². The third-order valence-electron chi connectivity index (χ3n) is 3.41. The van der Waals surface area contributed by atoms with Crippen molar-refractivity contribution in [2.75, 3.05) is 13.6 Å². The van der Waals surface area contributed by atoms with Crippen LogP contribution in [0.25, 0.3) is 0 Å². The number of carbonyl (C=O) groups is 1. The van der Waals surface area contributed by atoms with Crippen molar-refractivity contribution in [3.63, 3.8) is 0 Å². The van der Waals surface area contributed by atoms with Crippen molar-refractivity contribution < 1.29 is 4.79 Å². The molecule has 0 radical (unpaired) electrons. The van der Waals surface area contributed by atoms with Crippen LogP contribution in [0.4, 0.5) is 0 Å². The molecule has 2 rings (SSSR count). The fourth-order valence-corrected chi connectivity index (χ4v) is 2.76. The van der Waals surface area contributed by atoms with Gasteiger partial charge in [0.2, 0.25) is 5.91 Å². The monoisotopic (exact) mass is 322 g/mol. The maximum Gasteiger partial charge on any atom is 0.328 e. The molecule has 0 atom stereocenters. The van der Waals surface area contributed by atoms with Gasteiger partial charge in [0.1, 0.15) is 0 Å². The van der Waals surface area contributed by atoms with Gasteiger partial charge in [-0.15, -0.1) is 11.3 Å². The van der Waals surface area contributed by atoms with Gasteiger partial charge in [-0.1, -0.05) is 0 Å². The molecule has 0 unspecified atom stereocenters. The van der Waals surface area contributed by atoms with E-state index in [-0.39, 0.29) is 18.9 Å². The zero-order valence-electron chi connectivity index (χ0n) is 12.5. The zero-order valence-corrected chi connectivity index (χ0v) is 13.4. The van der Waals surface area contributed by atoms with Crippen LogP contribution in [0.3, 0.4) is 0 Å². The Morgan fingerprint density at radius 1 is 1.45 bits per heavy atom. The summed E-state index contributed by atoms with van der Waals surface area (Å²) in [5.41, 5.74) is 1.87. The fourth-order valence-electron chi connectivity index (χ4n) is 1.99. The van der Waals surface area contributed by atoms with Gasteiger partial charge in [-0.3, -0.25) is 14.6 Å². The minimum atomic E-state index is -0.497. The molecule has 0 aliphatic rings. The third kappa shape index (κ3) is 4.14. The minimum absolute atomic E-state index is 0.0414. The van der Waals surface area contributed by atoms with E-state index in [0.29, 0.717) is 6.54 Å². The van der Waals surface area contributed by atoms with Crippen molar-refractivity contribution in [1.29, 1.82) is 0 Å². The largest absolute Gasteiger partial charge is 0.345 e. The Labute approximate surface area is 131 Å². The molecule has 0 aliphatic heterocycles. The van der Waals surface area contributed by atoms with Crippen LogP contribution in [-0.2, 0) is 17.8 Å². The Morgan fingerprint density at radius 2 is 2.23 bits per heavy atom. The maximum atomic E-state index is 12.1. The fraction of sp³-hybridized carbons (Fsp3) is 0.429. The molecule has 0 spiro atoms. The first-order valence-corrected chi connectivity index (χ1v) is 7.78. The summed E-state index contributed by atoms with van der Waals surface area (Å²) in [5.74, 6) is -0.0414. The molecule has 1 N–H and O–H groups in total. The molecule has 2 aromatic rings. The molecule has 22 heavy (non-hydrogen) atoms. The number of thiazole rings is 1. The van der Waals surface area contributed by atoms with Gasteiger partial charge >= 0.3 is 5.69 Å². The first-order chi connectivity index (χ1) is 10.5. The standard InChI is InChI=1S/C14H18N4O3S/c1-10-11(22-9-15-10)3-6-17(2)13(20)5-8-18-7-4-12(19)16-14(18)21/h4,7,9H,3,5-6,8H2,1-2H3,(H,16,19,21). The number of nitrogens with one attached hydrogen (secondary N) is 1. The van der Waals surface area contributed by atoms with Crippen LogP contribution in [0, 0.1) is 6.92 Å². The van der Waals surface area contributed by atoms with Crippen molar-refractivity contribution in [2.45, 2.75) is 26.3 Å². The number of carbonyl (C=O) groups excluding carboxylic acids is 1. The highest BCUT2D eigenvalue weighted by Crippen LogP contribution is 2.13. The van der Waals surface area contributed by atoms with Crippen LogP contribution in [-0.4, -0.2) is 38.9 Å². The lowest BCUT2D eigenvalue weighted by atomic mass is 10.2. The molecule has 2 heterocycles. The first kappa shape index (κ1) is 16.2. The van der Waals surface area contributed by atoms with Gasteiger partial charge in [0.25, 0.3) is 5.56 Å². The second kappa shape index (κ2) is 7.17. The highest BCUT2D eigenvalue weighted by molar-refractivity contribution is 7.09. The van der Waals surface area contributed by atoms with Crippen LogP contribution >= 0.6 is 11.3 Å². The number of aryl methyl sites for hydroxylation is 2. The number of likely N-dealkylation sites (N-methyl/N-ethyl adjacent to an activating group) is 1. The maximum absolute atomic E-state index is 12.1. The van der Waals surface area contributed by atoms with E-state index in [0.717, 1.165) is 12.1 Å². The van der Waals surface area contributed by atoms with Crippen LogP contribution in [0.2, 0.25) is 0 Å². The molecule has 0 aliphatic carbocycles. The molecule has 0 saturated carbocycles. The average Bonchev–Trinajstić information content (AvgIpc) is 2.89. The van der Waals surface area contributed by atoms with E-state index >= 15 is 0 Å². The van der Waals surface area contributed by atoms with E-state index in [1.54, 1.807) is 28.8 Å². The second-order valence-corrected chi connectivity index (χ2v) is 5.92. The summed E-state index contributed by atoms with van der Waals surface area (Å²) in [6.45, 7) is 2.82. The molecule has 7 nitrogen and oxygen atoms in total. The Bertz CT molecular complexity index is 762. The van der Waals surface area contributed by atoms with Crippen LogP contribution in [0.15, 0.2) is 27.4 Å². The number of aromatic amines is 1. The summed E-state index contributed by atoms with van der Waals surface area (Å²) in [6, 6.07) is 1.27. The lowest BCUT2D eigenvalue weighted by Crippen LogP contribution is -2.33. The van der Waals surface area contributed by atoms with E-state index in [4.69, 9.17) is 0 Å². The average molecular weight is 322 g/mol. The van der Waals surface area contributed by atoms with Gasteiger partial charge in [-0.2, -0.15) is 0 Å². The third-order valence-corrected chi connectivity index (χ3v) is 4.40. The van der Waals surface area contributed by atoms with Crippen molar-refractivity contribution >= 4 is 17.2 Å². The van der Waals surface area contributed by atoms with Gasteiger partial charge in [0.05, 0.1) is 11.2 Å². The van der Waals surface area contributed by atoms with Gasteiger partial charge < -0.3 is 9.47 Å². The van der Waals surface area contributed by atoms with Crippen LogP contribution in [0.5, 0.6) is 0 Å². The normalized spacial score (nSPS) is 10.6. The summed E-state index contributed by atoms with van der Waals surface area (Å²) in [4.78, 5) is 43.7. The molecule has 118 valence electrons. The molecule has 8 heteroatoms. The number of rotatable bonds is 6. The molecule has 0 fully saturated rings. The lowest BCUT2D eigenvalue weighted by Gasteiger charge is -2.17. The Kier molecular flexibility index (Phi) is 5.26. The summed E-state index contributed by atoms with van der Waals surface area (Å²) in [6.07, 6.45) is 2.39. The Hall–Kier alpha value is -2.22. The predicted molar refractivity (Wildman–Crippen MR) is 84.1 cm³/mol. The summed E-state index contributed by atoms with van der Waals surface area (Å²) < 4.78 is 1.32. The number of amides is 1. The van der Waals surface area contributed by atoms with E-state index in [1.807, 2.05) is 6.92 Å². The summed E-state index contributed by atoms with van der Waals surface area (Å²) in [5, 5.41) is 0. The molecule has 0 saturated heterocycles. The van der Waals surface area contributed by atoms with E-state index < -0.39 is 11.2 Å². The topological polar surface area (TPSA) is 88.1 Å². The minimum Gasteiger partial charge on any atom is -0.345 e. The smallest absolute Gasteiger partial charge is 0.328 e. The van der Waals surface area contributed by atoms with E-state index in [9.17, 15) is 14.4 Å². The highest BCUT2D eigenvalue weighted by atomic mass is 32.1. The zero-order chi connectivity index (χ0) is 16.1. The summed E-state index contributed by atoms with van der Waals surface area (Å²) >= 11 is 1.59. The van der Waals surface area contributed by atoms with Crippen LogP contribution < -0.4 is 11.2 Å². The lowest BCUT2D eigenvalue weighted by molar-refractivity contribution is -0.130. The molecular formula is C14H18N4O3S. The summed E-state index contributed by atoms with van der Waals surface area (Å²) in [7, 11) is 1.74. The van der Waals surface area contributed by atoms with E-state index in [2.05, 4.69) is 9.97 Å². The van der Waals surface area contributed by atoms with Gasteiger partial charge in [-0.25, -0.2) is 9.78 Å². The molecular weight excluding hydrogens is 304 g/mol. The van der Waals surface area contributed by atoms with Crippen molar-refractivity contribution in [3.8, 4) is 0 Å². The Morgan fingerprint density at radius 3 is 2.86 bits per heavy atom. The van der Waals surface area contributed by atoms with Gasteiger partial charge in [0, 0.05) is 50.1 Å². The second-order valence-electron chi connectivity index (χ2n) is 4.98. The van der Waals surface area contributed by atoms with Crippen molar-refractivity contribution in [3.05, 3.63) is 49.2 Å². The van der Waals surface area contributed by atoms with Crippen molar-refractivity contribution in [1.82, 2.24) is 19.4 Å². The molecule has 1 amide bonds. The SMILES string of the molecule is Cc1ncsc1CCN(C)C(=O)CCn1ccc(=O)[nH]c1=O. The number of hydrogen-bond acceptors (Lipinski definition) is 5. The highest BCUT2D eigenvalue weighted by Gasteiger charge is 2.11. The number of hydrogen-bond donors (Lipinski definition) is 1.